The van der Waals surface area contributed by atoms with E-state index >= 15 is 0 Å². The van der Waals surface area contributed by atoms with Crippen LogP contribution in [0.1, 0.15) is 11.1 Å². The highest BCUT2D eigenvalue weighted by molar-refractivity contribution is 6.15. The van der Waals surface area contributed by atoms with Gasteiger partial charge in [0.1, 0.15) is 12.9 Å². The highest BCUT2D eigenvalue weighted by atomic mass is 19.1. The molecule has 0 radical (unpaired) electrons. The Hall–Kier alpha value is -2.82. The van der Waals surface area contributed by atoms with Gasteiger partial charge in [-0.15, -0.1) is 0 Å². The van der Waals surface area contributed by atoms with E-state index in [0.29, 0.717) is 18.1 Å². The monoisotopic (exact) mass is 302 g/mol. The number of benzene rings is 2. The topological polar surface area (TPSA) is 55.8 Å². The number of halogens is 1. The maximum absolute atomic E-state index is 12.7. The normalized spacial score (nSPS) is 11.1. The first-order valence-corrected chi connectivity index (χ1v) is 6.54. The number of hydrogen-bond acceptors (Lipinski definition) is 3. The second-order valence-corrected chi connectivity index (χ2v) is 4.47. The molecule has 114 valence electrons. The SMILES string of the molecule is COc1cc(/C(=C\F)C(=O)O)ccc1OCc1ccccc1. The van der Waals surface area contributed by atoms with Gasteiger partial charge >= 0.3 is 5.97 Å². The van der Waals surface area contributed by atoms with Crippen LogP contribution in [0.5, 0.6) is 11.5 Å². The van der Waals surface area contributed by atoms with Gasteiger partial charge < -0.3 is 14.6 Å². The van der Waals surface area contributed by atoms with Crippen LogP contribution in [0, 0.1) is 0 Å². The summed E-state index contributed by atoms with van der Waals surface area (Å²) in [7, 11) is 1.44. The predicted octanol–water partition coefficient (Wildman–Crippen LogP) is 3.67. The third-order valence-corrected chi connectivity index (χ3v) is 3.05. The van der Waals surface area contributed by atoms with E-state index in [1.165, 1.54) is 19.2 Å². The Bertz CT molecular complexity index is 680. The zero-order chi connectivity index (χ0) is 15.9. The molecular weight excluding hydrogens is 287 g/mol. The third-order valence-electron chi connectivity index (χ3n) is 3.05. The second kappa shape index (κ2) is 7.26. The van der Waals surface area contributed by atoms with E-state index in [9.17, 15) is 9.18 Å². The minimum Gasteiger partial charge on any atom is -0.493 e. The molecule has 2 aromatic rings. The molecule has 0 saturated heterocycles. The number of methoxy groups -OCH3 is 1. The van der Waals surface area contributed by atoms with Crippen LogP contribution in [0.3, 0.4) is 0 Å². The van der Waals surface area contributed by atoms with Gasteiger partial charge in [0.15, 0.2) is 11.5 Å². The number of aliphatic carboxylic acids is 1. The van der Waals surface area contributed by atoms with E-state index < -0.39 is 11.5 Å². The Morgan fingerprint density at radius 1 is 1.18 bits per heavy atom. The van der Waals surface area contributed by atoms with E-state index in [1.807, 2.05) is 30.3 Å². The molecule has 1 N–H and O–H groups in total. The van der Waals surface area contributed by atoms with Crippen molar-refractivity contribution >= 4 is 11.5 Å². The van der Waals surface area contributed by atoms with Crippen LogP contribution < -0.4 is 9.47 Å². The van der Waals surface area contributed by atoms with Crippen molar-refractivity contribution in [2.45, 2.75) is 6.61 Å². The molecule has 0 bridgehead atoms. The molecule has 22 heavy (non-hydrogen) atoms. The molecule has 0 atom stereocenters. The number of hydrogen-bond donors (Lipinski definition) is 1. The molecule has 0 fully saturated rings. The van der Waals surface area contributed by atoms with Gasteiger partial charge in [0, 0.05) is 0 Å². The van der Waals surface area contributed by atoms with Gasteiger partial charge in [-0.2, -0.15) is 0 Å². The van der Waals surface area contributed by atoms with E-state index in [4.69, 9.17) is 14.6 Å². The van der Waals surface area contributed by atoms with Crippen LogP contribution in [-0.4, -0.2) is 18.2 Å². The Morgan fingerprint density at radius 3 is 2.50 bits per heavy atom. The number of rotatable bonds is 6. The lowest BCUT2D eigenvalue weighted by atomic mass is 10.1. The lowest BCUT2D eigenvalue weighted by Gasteiger charge is -2.12. The fourth-order valence-electron chi connectivity index (χ4n) is 1.92. The minimum absolute atomic E-state index is 0.0571. The Morgan fingerprint density at radius 2 is 1.91 bits per heavy atom. The van der Waals surface area contributed by atoms with Crippen molar-refractivity contribution in [3.05, 3.63) is 66.0 Å². The second-order valence-electron chi connectivity index (χ2n) is 4.47. The van der Waals surface area contributed by atoms with Crippen molar-refractivity contribution in [2.75, 3.05) is 7.11 Å². The summed E-state index contributed by atoms with van der Waals surface area (Å²) in [5.41, 5.74) is 0.760. The number of ether oxygens (including phenoxy) is 2. The van der Waals surface area contributed by atoms with Crippen molar-refractivity contribution < 1.29 is 23.8 Å². The quantitative estimate of drug-likeness (QED) is 0.827. The fourth-order valence-corrected chi connectivity index (χ4v) is 1.92. The molecule has 0 spiro atoms. The molecule has 0 saturated carbocycles. The molecule has 0 unspecified atom stereocenters. The van der Waals surface area contributed by atoms with Crippen LogP contribution in [0.2, 0.25) is 0 Å². The van der Waals surface area contributed by atoms with Crippen LogP contribution in [-0.2, 0) is 11.4 Å². The lowest BCUT2D eigenvalue weighted by Crippen LogP contribution is -2.01. The third kappa shape index (κ3) is 3.63. The molecule has 0 heterocycles. The molecular formula is C17H15FO4. The van der Waals surface area contributed by atoms with Crippen LogP contribution >= 0.6 is 0 Å². The van der Waals surface area contributed by atoms with Gasteiger partial charge in [-0.05, 0) is 23.3 Å². The summed E-state index contributed by atoms with van der Waals surface area (Å²) in [6.07, 6.45) is 0.0571. The van der Waals surface area contributed by atoms with Gasteiger partial charge in [-0.3, -0.25) is 0 Å². The van der Waals surface area contributed by atoms with Crippen molar-refractivity contribution in [3.8, 4) is 11.5 Å². The first-order valence-electron chi connectivity index (χ1n) is 6.54. The van der Waals surface area contributed by atoms with Crippen LogP contribution in [0.25, 0.3) is 5.57 Å². The average molecular weight is 302 g/mol. The minimum atomic E-state index is -1.34. The fraction of sp³-hybridized carbons (Fsp3) is 0.118. The number of carboxylic acids is 1. The van der Waals surface area contributed by atoms with Crippen molar-refractivity contribution in [2.24, 2.45) is 0 Å². The molecule has 0 aromatic heterocycles. The van der Waals surface area contributed by atoms with E-state index in [2.05, 4.69) is 0 Å². The first-order chi connectivity index (χ1) is 10.7. The first kappa shape index (κ1) is 15.6. The van der Waals surface area contributed by atoms with E-state index in [1.54, 1.807) is 6.07 Å². The molecule has 5 heteroatoms. The standard InChI is InChI=1S/C17H15FO4/c1-21-16-9-13(14(10-18)17(19)20)7-8-15(16)22-11-12-5-3-2-4-6-12/h2-10H,11H2,1H3,(H,19,20)/b14-10+. The summed E-state index contributed by atoms with van der Waals surface area (Å²) in [5, 5.41) is 8.93. The molecule has 0 aliphatic heterocycles. The predicted molar refractivity (Wildman–Crippen MR) is 80.5 cm³/mol. The Balaban J connectivity index is 2.21. The highest BCUT2D eigenvalue weighted by Gasteiger charge is 2.14. The molecule has 0 aliphatic carbocycles. The highest BCUT2D eigenvalue weighted by Crippen LogP contribution is 2.31. The maximum atomic E-state index is 12.7. The van der Waals surface area contributed by atoms with Crippen molar-refractivity contribution in [1.29, 1.82) is 0 Å². The Labute approximate surface area is 127 Å². The van der Waals surface area contributed by atoms with Gasteiger partial charge in [-0.25, -0.2) is 9.18 Å². The van der Waals surface area contributed by atoms with Gasteiger partial charge in [0.25, 0.3) is 0 Å². The number of carbonyl (C=O) groups is 1. The van der Waals surface area contributed by atoms with Crippen LogP contribution in [0.15, 0.2) is 54.9 Å². The Kier molecular flexibility index (Phi) is 5.14. The molecule has 0 aliphatic rings. The summed E-state index contributed by atoms with van der Waals surface area (Å²) in [6, 6.07) is 14.0. The van der Waals surface area contributed by atoms with Gasteiger partial charge in [-0.1, -0.05) is 36.4 Å². The average Bonchev–Trinajstić information content (AvgIpc) is 2.54. The summed E-state index contributed by atoms with van der Waals surface area (Å²) >= 11 is 0. The summed E-state index contributed by atoms with van der Waals surface area (Å²) in [6.45, 7) is 0.348. The largest absolute Gasteiger partial charge is 0.493 e. The zero-order valence-electron chi connectivity index (χ0n) is 12.0. The smallest absolute Gasteiger partial charge is 0.338 e. The lowest BCUT2D eigenvalue weighted by molar-refractivity contribution is -0.130. The van der Waals surface area contributed by atoms with Crippen molar-refractivity contribution in [3.63, 3.8) is 0 Å². The summed E-state index contributed by atoms with van der Waals surface area (Å²) < 4.78 is 23.5. The van der Waals surface area contributed by atoms with Crippen molar-refractivity contribution in [1.82, 2.24) is 0 Å². The molecule has 0 amide bonds. The van der Waals surface area contributed by atoms with E-state index in [-0.39, 0.29) is 11.9 Å². The molecule has 2 aromatic carbocycles. The van der Waals surface area contributed by atoms with Gasteiger partial charge in [0.2, 0.25) is 0 Å². The van der Waals surface area contributed by atoms with E-state index in [0.717, 1.165) is 5.56 Å². The number of carboxylic acid groups (broad SMARTS) is 1. The van der Waals surface area contributed by atoms with Gasteiger partial charge in [0.05, 0.1) is 12.7 Å². The summed E-state index contributed by atoms with van der Waals surface area (Å²) in [4.78, 5) is 10.9. The zero-order valence-corrected chi connectivity index (χ0v) is 12.0. The summed E-state index contributed by atoms with van der Waals surface area (Å²) in [5.74, 6) is -0.546. The molecule has 2 rings (SSSR count). The molecule has 4 nitrogen and oxygen atoms in total. The maximum Gasteiger partial charge on any atom is 0.338 e. The van der Waals surface area contributed by atoms with Crippen LogP contribution in [0.4, 0.5) is 4.39 Å².